The maximum Gasteiger partial charge on any atom is 0.325 e. The van der Waals surface area contributed by atoms with E-state index in [0.29, 0.717) is 19.7 Å². The Morgan fingerprint density at radius 3 is 2.83 bits per heavy atom. The molecule has 2 aliphatic heterocycles. The van der Waals surface area contributed by atoms with Crippen molar-refractivity contribution >= 4 is 11.8 Å². The summed E-state index contributed by atoms with van der Waals surface area (Å²) in [6.45, 7) is 3.07. The van der Waals surface area contributed by atoms with E-state index in [0.717, 1.165) is 49.3 Å². The van der Waals surface area contributed by atoms with Gasteiger partial charge in [-0.25, -0.2) is 4.98 Å². The van der Waals surface area contributed by atoms with Gasteiger partial charge in [0.25, 0.3) is 0 Å². The predicted octanol–water partition coefficient (Wildman–Crippen LogP) is 3.29. The summed E-state index contributed by atoms with van der Waals surface area (Å²) in [5.74, 6) is 0.257. The smallest absolute Gasteiger partial charge is 0.325 e. The molecular weight excluding hydrogens is 366 g/mol. The van der Waals surface area contributed by atoms with Crippen LogP contribution in [0.15, 0.2) is 42.5 Å². The van der Waals surface area contributed by atoms with Gasteiger partial charge in [-0.05, 0) is 49.3 Å². The van der Waals surface area contributed by atoms with Gasteiger partial charge in [0.15, 0.2) is 0 Å². The van der Waals surface area contributed by atoms with Gasteiger partial charge >= 0.3 is 5.97 Å². The number of aliphatic carboxylic acids is 1. The molecule has 4 rings (SSSR count). The van der Waals surface area contributed by atoms with Gasteiger partial charge in [-0.1, -0.05) is 36.4 Å². The first kappa shape index (κ1) is 19.9. The molecule has 154 valence electrons. The summed E-state index contributed by atoms with van der Waals surface area (Å²) in [5, 5.41) is 13.0. The number of carboxylic acid groups (broad SMARTS) is 1. The number of nitrogens with zero attached hydrogens (tertiary/aromatic N) is 2. The van der Waals surface area contributed by atoms with E-state index < -0.39 is 12.0 Å². The molecule has 1 aromatic heterocycles. The maximum atomic E-state index is 11.7. The number of hydrogen-bond donors (Lipinski definition) is 2. The molecule has 1 aromatic carbocycles. The molecule has 0 amide bonds. The highest BCUT2D eigenvalue weighted by Gasteiger charge is 2.37. The number of rotatable bonds is 9. The molecule has 6 nitrogen and oxygen atoms in total. The fraction of sp³-hybridized carbons (Fsp3) is 0.478. The third-order valence-corrected chi connectivity index (χ3v) is 5.72. The van der Waals surface area contributed by atoms with Gasteiger partial charge in [0.1, 0.15) is 11.9 Å². The molecule has 1 fully saturated rings. The van der Waals surface area contributed by atoms with E-state index in [-0.39, 0.29) is 6.10 Å². The Morgan fingerprint density at radius 1 is 1.21 bits per heavy atom. The van der Waals surface area contributed by atoms with E-state index in [2.05, 4.69) is 17.4 Å². The molecule has 1 atom stereocenters. The zero-order valence-electron chi connectivity index (χ0n) is 16.7. The lowest BCUT2D eigenvalue weighted by atomic mass is 10.0. The number of aromatic nitrogens is 1. The van der Waals surface area contributed by atoms with Crippen LogP contribution in [-0.2, 0) is 22.4 Å². The standard InChI is InChI=1S/C23H29N3O3/c27-23(28)21(17-7-2-1-3-8-17)26-15-20(16-26)29-14-5-4-10-19-12-11-18-9-6-13-24-22(18)25-19/h1-3,7-8,11-12,20-21H,4-6,9-10,13-16H2,(H,24,25)(H,27,28). The number of hydrogen-bond acceptors (Lipinski definition) is 5. The van der Waals surface area contributed by atoms with Gasteiger partial charge in [-0.3, -0.25) is 9.69 Å². The van der Waals surface area contributed by atoms with Crippen molar-refractivity contribution < 1.29 is 14.6 Å². The number of likely N-dealkylation sites (tertiary alicyclic amines) is 1. The van der Waals surface area contributed by atoms with Crippen LogP contribution in [-0.4, -0.2) is 53.3 Å². The number of unbranched alkanes of at least 4 members (excludes halogenated alkanes) is 1. The number of aryl methyl sites for hydroxylation is 2. The first-order valence-corrected chi connectivity index (χ1v) is 10.6. The topological polar surface area (TPSA) is 74.7 Å². The van der Waals surface area contributed by atoms with Crippen molar-refractivity contribution in [1.82, 2.24) is 9.88 Å². The first-order chi connectivity index (χ1) is 14.2. The number of anilines is 1. The van der Waals surface area contributed by atoms with Crippen molar-refractivity contribution in [1.29, 1.82) is 0 Å². The number of carboxylic acids is 1. The van der Waals surface area contributed by atoms with E-state index >= 15 is 0 Å². The molecule has 0 bridgehead atoms. The molecule has 0 spiro atoms. The highest BCUT2D eigenvalue weighted by molar-refractivity contribution is 5.75. The summed E-state index contributed by atoms with van der Waals surface area (Å²) in [6, 6.07) is 13.2. The molecular formula is C23H29N3O3. The van der Waals surface area contributed by atoms with Crippen molar-refractivity contribution in [2.75, 3.05) is 31.6 Å². The number of ether oxygens (including phenoxy) is 1. The SMILES string of the molecule is O=C(O)C(c1ccccc1)N1CC(OCCCCc2ccc3c(n2)NCCC3)C1. The van der Waals surface area contributed by atoms with Crippen molar-refractivity contribution in [3.63, 3.8) is 0 Å². The van der Waals surface area contributed by atoms with Crippen LogP contribution >= 0.6 is 0 Å². The number of nitrogens with one attached hydrogen (secondary N) is 1. The van der Waals surface area contributed by atoms with E-state index in [9.17, 15) is 9.90 Å². The lowest BCUT2D eigenvalue weighted by Crippen LogP contribution is -2.55. The van der Waals surface area contributed by atoms with Crippen LogP contribution < -0.4 is 5.32 Å². The minimum Gasteiger partial charge on any atom is -0.480 e. The van der Waals surface area contributed by atoms with Crippen LogP contribution in [0.25, 0.3) is 0 Å². The van der Waals surface area contributed by atoms with Gasteiger partial charge in [0.05, 0.1) is 6.10 Å². The summed E-state index contributed by atoms with van der Waals surface area (Å²) in [6.07, 6.45) is 5.43. The molecule has 6 heteroatoms. The lowest BCUT2D eigenvalue weighted by molar-refractivity contribution is -0.150. The normalized spacial score (nSPS) is 17.8. The minimum absolute atomic E-state index is 0.131. The van der Waals surface area contributed by atoms with Crippen molar-refractivity contribution in [2.24, 2.45) is 0 Å². The number of pyridine rings is 1. The zero-order valence-corrected chi connectivity index (χ0v) is 16.7. The second-order valence-electron chi connectivity index (χ2n) is 7.90. The van der Waals surface area contributed by atoms with Gasteiger partial charge in [0.2, 0.25) is 0 Å². The van der Waals surface area contributed by atoms with E-state index in [1.807, 2.05) is 35.2 Å². The number of fused-ring (bicyclic) bond motifs is 1. The molecule has 2 N–H and O–H groups in total. The molecule has 2 aromatic rings. The van der Waals surface area contributed by atoms with Gasteiger partial charge in [-0.15, -0.1) is 0 Å². The third-order valence-electron chi connectivity index (χ3n) is 5.72. The highest BCUT2D eigenvalue weighted by Crippen LogP contribution is 2.27. The number of benzene rings is 1. The maximum absolute atomic E-state index is 11.7. The molecule has 29 heavy (non-hydrogen) atoms. The largest absolute Gasteiger partial charge is 0.480 e. The van der Waals surface area contributed by atoms with Crippen LogP contribution in [0.1, 0.15) is 42.1 Å². The zero-order chi connectivity index (χ0) is 20.1. The van der Waals surface area contributed by atoms with Crippen LogP contribution in [0, 0.1) is 0 Å². The summed E-state index contributed by atoms with van der Waals surface area (Å²) < 4.78 is 5.94. The van der Waals surface area contributed by atoms with Crippen LogP contribution in [0.5, 0.6) is 0 Å². The minimum atomic E-state index is -0.804. The highest BCUT2D eigenvalue weighted by atomic mass is 16.5. The fourth-order valence-corrected chi connectivity index (χ4v) is 4.10. The Hall–Kier alpha value is -2.44. The molecule has 3 heterocycles. The van der Waals surface area contributed by atoms with Gasteiger partial charge in [0, 0.05) is 31.9 Å². The average Bonchev–Trinajstić information content (AvgIpc) is 2.71. The van der Waals surface area contributed by atoms with Crippen LogP contribution in [0.4, 0.5) is 5.82 Å². The first-order valence-electron chi connectivity index (χ1n) is 10.6. The van der Waals surface area contributed by atoms with Crippen molar-refractivity contribution in [2.45, 2.75) is 44.2 Å². The van der Waals surface area contributed by atoms with Crippen LogP contribution in [0.3, 0.4) is 0 Å². The fourth-order valence-electron chi connectivity index (χ4n) is 4.10. The molecule has 0 radical (unpaired) electrons. The van der Waals surface area contributed by atoms with Gasteiger partial charge in [-0.2, -0.15) is 0 Å². The summed E-state index contributed by atoms with van der Waals surface area (Å²) in [5.41, 5.74) is 3.29. The van der Waals surface area contributed by atoms with Crippen molar-refractivity contribution in [3.8, 4) is 0 Å². The molecule has 1 unspecified atom stereocenters. The van der Waals surface area contributed by atoms with Crippen molar-refractivity contribution in [3.05, 3.63) is 59.3 Å². The lowest BCUT2D eigenvalue weighted by Gasteiger charge is -2.42. The number of carbonyl (C=O) groups is 1. The summed E-state index contributed by atoms with van der Waals surface area (Å²) >= 11 is 0. The molecule has 0 aliphatic carbocycles. The Labute approximate surface area is 171 Å². The molecule has 2 aliphatic rings. The average molecular weight is 396 g/mol. The second-order valence-corrected chi connectivity index (χ2v) is 7.90. The Balaban J connectivity index is 1.15. The molecule has 1 saturated heterocycles. The van der Waals surface area contributed by atoms with E-state index in [4.69, 9.17) is 9.72 Å². The molecule has 0 saturated carbocycles. The monoisotopic (exact) mass is 395 g/mol. The quantitative estimate of drug-likeness (QED) is 0.635. The Morgan fingerprint density at radius 2 is 2.03 bits per heavy atom. The van der Waals surface area contributed by atoms with Crippen LogP contribution in [0.2, 0.25) is 0 Å². The summed E-state index contributed by atoms with van der Waals surface area (Å²) in [7, 11) is 0. The Kier molecular flexibility index (Phi) is 6.42. The van der Waals surface area contributed by atoms with E-state index in [1.165, 1.54) is 12.0 Å². The van der Waals surface area contributed by atoms with Gasteiger partial charge < -0.3 is 15.2 Å². The predicted molar refractivity (Wildman–Crippen MR) is 112 cm³/mol. The Bertz CT molecular complexity index is 821. The third kappa shape index (κ3) is 4.95. The summed E-state index contributed by atoms with van der Waals surface area (Å²) in [4.78, 5) is 18.4. The second kappa shape index (κ2) is 9.37. The van der Waals surface area contributed by atoms with E-state index in [1.54, 1.807) is 0 Å².